The monoisotopic (exact) mass is 249 g/mol. The van der Waals surface area contributed by atoms with E-state index in [-0.39, 0.29) is 12.0 Å². The van der Waals surface area contributed by atoms with Gasteiger partial charge in [-0.2, -0.15) is 0 Å². The predicted molar refractivity (Wildman–Crippen MR) is 59.7 cm³/mol. The second-order valence-electron chi connectivity index (χ2n) is 4.29. The molecule has 0 heterocycles. The topological polar surface area (TPSA) is 118 Å². The van der Waals surface area contributed by atoms with Crippen LogP contribution in [0.15, 0.2) is 24.3 Å². The summed E-state index contributed by atoms with van der Waals surface area (Å²) < 4.78 is 0. The first-order chi connectivity index (χ1) is 8.36. The number of rotatable bonds is 1. The minimum Gasteiger partial charge on any atom is -0.480 e. The highest BCUT2D eigenvalue weighted by Gasteiger charge is 2.48. The van der Waals surface area contributed by atoms with Crippen molar-refractivity contribution in [2.75, 3.05) is 0 Å². The average Bonchev–Trinajstić information content (AvgIpc) is 2.40. The summed E-state index contributed by atoms with van der Waals surface area (Å²) in [5.41, 5.74) is 3.97. The summed E-state index contributed by atoms with van der Waals surface area (Å²) in [5.74, 6) is -4.07. The molecule has 2 aliphatic carbocycles. The molecule has 2 bridgehead atoms. The molecule has 18 heavy (non-hydrogen) atoms. The van der Waals surface area contributed by atoms with E-state index in [1.165, 1.54) is 24.3 Å². The second kappa shape index (κ2) is 4.01. The molecule has 0 amide bonds. The van der Waals surface area contributed by atoms with Gasteiger partial charge in [-0.05, 0) is 11.1 Å². The number of carbonyl (C=O) groups is 3. The van der Waals surface area contributed by atoms with Gasteiger partial charge in [-0.25, -0.2) is 4.79 Å². The third-order valence-electron chi connectivity index (χ3n) is 3.04. The molecule has 0 fully saturated rings. The normalized spacial score (nSPS) is 27.6. The number of Topliss-reactive ketones (excluding diaryl/α,β-unsaturated/α-hetero) is 2. The molecule has 1 aromatic carbocycles. The van der Waals surface area contributed by atoms with Crippen molar-refractivity contribution < 1.29 is 24.6 Å². The molecule has 0 saturated carbocycles. The van der Waals surface area contributed by atoms with E-state index in [2.05, 4.69) is 0 Å². The molecule has 0 aromatic heterocycles. The molecule has 94 valence electrons. The van der Waals surface area contributed by atoms with Crippen molar-refractivity contribution in [1.82, 2.24) is 0 Å². The number of hydrogen-bond acceptors (Lipinski definition) is 5. The first-order valence-electron chi connectivity index (χ1n) is 5.24. The highest BCUT2D eigenvalue weighted by atomic mass is 16.4. The van der Waals surface area contributed by atoms with Gasteiger partial charge < -0.3 is 15.9 Å². The van der Waals surface area contributed by atoms with Gasteiger partial charge >= 0.3 is 5.97 Å². The molecule has 1 unspecified atom stereocenters. The van der Waals surface area contributed by atoms with Crippen LogP contribution < -0.4 is 5.73 Å². The Balaban J connectivity index is 2.60. The van der Waals surface area contributed by atoms with E-state index in [0.29, 0.717) is 5.56 Å². The van der Waals surface area contributed by atoms with Crippen LogP contribution in [0.25, 0.3) is 0 Å². The Hall–Kier alpha value is -2.05. The molecule has 4 N–H and O–H groups in total. The molecule has 0 spiro atoms. The minimum absolute atomic E-state index is 0.242. The molecular formula is C12H11NO5. The summed E-state index contributed by atoms with van der Waals surface area (Å²) in [6, 6.07) is 6.02. The maximum atomic E-state index is 11.8. The average molecular weight is 249 g/mol. The van der Waals surface area contributed by atoms with E-state index < -0.39 is 29.2 Å². The van der Waals surface area contributed by atoms with Gasteiger partial charge in [0.25, 0.3) is 0 Å². The first-order valence-corrected chi connectivity index (χ1v) is 5.24. The summed E-state index contributed by atoms with van der Waals surface area (Å²) >= 11 is 0. The molecule has 3 rings (SSSR count). The summed E-state index contributed by atoms with van der Waals surface area (Å²) in [7, 11) is 0. The number of nitrogens with two attached hydrogens (primary N) is 1. The quantitative estimate of drug-likeness (QED) is 0.443. The number of aliphatic hydroxyl groups excluding tert-OH is 1. The summed E-state index contributed by atoms with van der Waals surface area (Å²) in [6.07, 6.45) is -1.97. The molecule has 2 aliphatic rings. The molecule has 6 nitrogen and oxygen atoms in total. The fourth-order valence-electron chi connectivity index (χ4n) is 1.89. The van der Waals surface area contributed by atoms with Crippen molar-refractivity contribution >= 4 is 17.5 Å². The van der Waals surface area contributed by atoms with Gasteiger partial charge in [0, 0.05) is 6.42 Å². The second-order valence-corrected chi connectivity index (χ2v) is 4.29. The number of carbonyl (C=O) groups excluding carboxylic acids is 2. The third kappa shape index (κ3) is 1.71. The van der Waals surface area contributed by atoms with Gasteiger partial charge in [-0.15, -0.1) is 0 Å². The van der Waals surface area contributed by atoms with E-state index in [1.807, 2.05) is 0 Å². The van der Waals surface area contributed by atoms with Crippen LogP contribution in [0.5, 0.6) is 0 Å². The predicted octanol–water partition coefficient (Wildman–Crippen LogP) is -0.804. The summed E-state index contributed by atoms with van der Waals surface area (Å²) in [4.78, 5) is 34.7. The molecule has 2 atom stereocenters. The van der Waals surface area contributed by atoms with Gasteiger partial charge in [-0.3, -0.25) is 9.59 Å². The Morgan fingerprint density at radius 1 is 1.28 bits per heavy atom. The molecular weight excluding hydrogens is 238 g/mol. The van der Waals surface area contributed by atoms with Crippen molar-refractivity contribution in [3.8, 4) is 0 Å². The van der Waals surface area contributed by atoms with E-state index in [0.717, 1.165) is 0 Å². The molecule has 0 saturated heterocycles. The molecule has 0 radical (unpaired) electrons. The number of aliphatic carboxylic acids is 1. The van der Waals surface area contributed by atoms with Crippen LogP contribution in [-0.2, 0) is 20.8 Å². The minimum atomic E-state index is -2.33. The number of carboxylic acids is 1. The fourth-order valence-corrected chi connectivity index (χ4v) is 1.89. The van der Waals surface area contributed by atoms with Crippen LogP contribution in [0.2, 0.25) is 0 Å². The zero-order chi connectivity index (χ0) is 13.5. The van der Waals surface area contributed by atoms with Crippen LogP contribution in [0.3, 0.4) is 0 Å². The van der Waals surface area contributed by atoms with E-state index in [9.17, 15) is 19.5 Å². The molecule has 0 aliphatic heterocycles. The van der Waals surface area contributed by atoms with Crippen LogP contribution in [0.1, 0.15) is 17.2 Å². The van der Waals surface area contributed by atoms with Crippen LogP contribution in [0, 0.1) is 0 Å². The number of hydrogen-bond donors (Lipinski definition) is 3. The maximum Gasteiger partial charge on any atom is 0.332 e. The first kappa shape index (κ1) is 12.4. The fraction of sp³-hybridized carbons (Fsp3) is 0.250. The zero-order valence-corrected chi connectivity index (χ0v) is 9.29. The van der Waals surface area contributed by atoms with Gasteiger partial charge in [0.2, 0.25) is 11.6 Å². The van der Waals surface area contributed by atoms with Crippen molar-refractivity contribution in [3.05, 3.63) is 35.4 Å². The van der Waals surface area contributed by atoms with E-state index in [1.54, 1.807) is 0 Å². The Morgan fingerprint density at radius 3 is 2.33 bits per heavy atom. The molecule has 1 aromatic rings. The highest BCUT2D eigenvalue weighted by Crippen LogP contribution is 2.23. The molecule has 6 heteroatoms. The summed E-state index contributed by atoms with van der Waals surface area (Å²) in [6.45, 7) is 0. The maximum absolute atomic E-state index is 11.8. The van der Waals surface area contributed by atoms with E-state index >= 15 is 0 Å². The number of benzene rings is 1. The van der Waals surface area contributed by atoms with Gasteiger partial charge in [0.05, 0.1) is 0 Å². The van der Waals surface area contributed by atoms with Crippen molar-refractivity contribution in [2.24, 2.45) is 5.73 Å². The number of carboxylic acid groups (broad SMARTS) is 1. The lowest BCUT2D eigenvalue weighted by atomic mass is 9.86. The smallest absolute Gasteiger partial charge is 0.332 e. The Bertz CT molecular complexity index is 536. The largest absolute Gasteiger partial charge is 0.480 e. The lowest BCUT2D eigenvalue weighted by Crippen LogP contribution is -2.59. The Labute approximate surface area is 102 Å². The summed E-state index contributed by atoms with van der Waals surface area (Å²) in [5, 5.41) is 18.8. The standard InChI is InChI=1S/C12H11NO5/c13-12(11(17)18)5-6-1-3-7(4-2-6)8(14)9(15)10(12)16/h1-4,8,14H,5,13H2,(H,17,18)/t8?,12-/m1/s1. The SMILES string of the molecule is N[C@]1(C(=O)O)Cc2ccc(cc2)C(O)C(=O)C1=O. The van der Waals surface area contributed by atoms with E-state index in [4.69, 9.17) is 10.8 Å². The third-order valence-corrected chi connectivity index (χ3v) is 3.04. The Morgan fingerprint density at radius 2 is 1.83 bits per heavy atom. The van der Waals surface area contributed by atoms with Crippen molar-refractivity contribution in [2.45, 2.75) is 18.1 Å². The number of ketones is 2. The van der Waals surface area contributed by atoms with Gasteiger partial charge in [0.1, 0.15) is 6.10 Å². The van der Waals surface area contributed by atoms with Crippen molar-refractivity contribution in [1.29, 1.82) is 0 Å². The van der Waals surface area contributed by atoms with Gasteiger partial charge in [-0.1, -0.05) is 24.3 Å². The van der Waals surface area contributed by atoms with Crippen LogP contribution in [0.4, 0.5) is 0 Å². The van der Waals surface area contributed by atoms with Crippen LogP contribution >= 0.6 is 0 Å². The van der Waals surface area contributed by atoms with Crippen molar-refractivity contribution in [3.63, 3.8) is 0 Å². The highest BCUT2D eigenvalue weighted by molar-refractivity contribution is 6.45. The number of fused-ring (bicyclic) bond motifs is 6. The Kier molecular flexibility index (Phi) is 2.76. The lowest BCUT2D eigenvalue weighted by Gasteiger charge is -2.22. The number of aliphatic hydroxyl groups is 1. The lowest BCUT2D eigenvalue weighted by molar-refractivity contribution is -0.154. The van der Waals surface area contributed by atoms with Crippen LogP contribution in [-0.4, -0.2) is 33.3 Å². The zero-order valence-electron chi connectivity index (χ0n) is 9.29. The van der Waals surface area contributed by atoms with Gasteiger partial charge in [0.15, 0.2) is 5.54 Å².